The highest BCUT2D eigenvalue weighted by atomic mass is 19.4. The number of likely N-dealkylation sites (tertiary alicyclic amines) is 3. The first-order valence-corrected chi connectivity index (χ1v) is 13.7. The number of carboxylic acid groups (broad SMARTS) is 2. The van der Waals surface area contributed by atoms with Crippen molar-refractivity contribution >= 4 is 23.8 Å². The number of aliphatic carboxylic acids is 2. The van der Waals surface area contributed by atoms with Crippen LogP contribution in [0.3, 0.4) is 0 Å². The number of rotatable bonds is 4. The summed E-state index contributed by atoms with van der Waals surface area (Å²) >= 11 is 0. The fourth-order valence-corrected chi connectivity index (χ4v) is 6.06. The minimum atomic E-state index is -5.08. The summed E-state index contributed by atoms with van der Waals surface area (Å²) in [6.07, 6.45) is -1.45. The summed E-state index contributed by atoms with van der Waals surface area (Å²) in [6, 6.07) is 7.68. The standard InChI is InChI=1S/C24H29N5O2.2C2HF3O2/c1-2-29-23(31)20-16-27(15-18-5-3-9-25-13-18)17-21(20)24(29)7-11-28(12-8-24)22(30)19-6-4-10-26-14-19;2*3-2(4,5)1(6)7/h3-6,9-10,13-14,20-21H,2,7-8,11-12,15-17H2,1H3;2*(H,6,7)/t20-,21+;;/m0../s1. The zero-order valence-electron chi connectivity index (χ0n) is 24.0. The Bertz CT molecular complexity index is 1310. The second-order valence-corrected chi connectivity index (χ2v) is 10.6. The molecule has 0 bridgehead atoms. The SMILES string of the molecule is CCN1C(=O)[C@H]2CN(Cc3cccnc3)C[C@H]2C12CCN(C(=O)c1cccnc1)CC2.O=C(O)C(F)(F)F.O=C(O)C(F)(F)F. The van der Waals surface area contributed by atoms with Gasteiger partial charge >= 0.3 is 24.3 Å². The van der Waals surface area contributed by atoms with Crippen LogP contribution in [0, 0.1) is 11.8 Å². The number of carbonyl (C=O) groups is 4. The molecule has 5 rings (SSSR count). The second-order valence-electron chi connectivity index (χ2n) is 10.6. The van der Waals surface area contributed by atoms with E-state index in [1.807, 2.05) is 23.2 Å². The molecular formula is C28H31F6N5O6. The largest absolute Gasteiger partial charge is 0.490 e. The summed E-state index contributed by atoms with van der Waals surface area (Å²) in [7, 11) is 0. The number of carbonyl (C=O) groups excluding carboxylic acids is 2. The summed E-state index contributed by atoms with van der Waals surface area (Å²) in [6.45, 7) is 6.77. The molecule has 5 heterocycles. The van der Waals surface area contributed by atoms with E-state index in [2.05, 4.69) is 32.8 Å². The van der Waals surface area contributed by atoms with E-state index < -0.39 is 24.3 Å². The zero-order chi connectivity index (χ0) is 33.6. The molecular weight excluding hydrogens is 616 g/mol. The van der Waals surface area contributed by atoms with Crippen LogP contribution in [-0.4, -0.2) is 109 Å². The van der Waals surface area contributed by atoms with Crippen LogP contribution < -0.4 is 0 Å². The van der Waals surface area contributed by atoms with E-state index in [9.17, 15) is 35.9 Å². The highest BCUT2D eigenvalue weighted by Crippen LogP contribution is 2.49. The van der Waals surface area contributed by atoms with Crippen LogP contribution in [0.15, 0.2) is 49.1 Å². The quantitative estimate of drug-likeness (QED) is 0.478. The predicted molar refractivity (Wildman–Crippen MR) is 143 cm³/mol. The van der Waals surface area contributed by atoms with Crippen molar-refractivity contribution in [1.29, 1.82) is 0 Å². The molecule has 45 heavy (non-hydrogen) atoms. The zero-order valence-corrected chi connectivity index (χ0v) is 24.0. The van der Waals surface area contributed by atoms with Crippen molar-refractivity contribution in [1.82, 2.24) is 24.7 Å². The lowest BCUT2D eigenvalue weighted by atomic mass is 9.74. The van der Waals surface area contributed by atoms with Gasteiger partial charge in [0, 0.05) is 70.0 Å². The minimum absolute atomic E-state index is 0.0384. The maximum Gasteiger partial charge on any atom is 0.490 e. The van der Waals surface area contributed by atoms with E-state index >= 15 is 0 Å². The van der Waals surface area contributed by atoms with Crippen molar-refractivity contribution in [3.63, 3.8) is 0 Å². The number of fused-ring (bicyclic) bond motifs is 2. The molecule has 3 aliphatic rings. The summed E-state index contributed by atoms with van der Waals surface area (Å²) in [5, 5.41) is 14.2. The van der Waals surface area contributed by atoms with Gasteiger partial charge in [-0.1, -0.05) is 6.07 Å². The molecule has 0 saturated carbocycles. The van der Waals surface area contributed by atoms with E-state index in [0.29, 0.717) is 30.5 Å². The lowest BCUT2D eigenvalue weighted by Crippen LogP contribution is -2.57. The van der Waals surface area contributed by atoms with E-state index in [4.69, 9.17) is 19.8 Å². The lowest BCUT2D eigenvalue weighted by molar-refractivity contribution is -0.193. The van der Waals surface area contributed by atoms with Gasteiger partial charge in [0.1, 0.15) is 0 Å². The van der Waals surface area contributed by atoms with Crippen LogP contribution in [0.5, 0.6) is 0 Å². The summed E-state index contributed by atoms with van der Waals surface area (Å²) in [4.78, 5) is 58.8. The molecule has 2 aromatic heterocycles. The molecule has 1 spiro atoms. The number of carboxylic acids is 2. The Hall–Kier alpha value is -4.28. The number of pyridine rings is 2. The third-order valence-corrected chi connectivity index (χ3v) is 7.96. The van der Waals surface area contributed by atoms with Gasteiger partial charge in [-0.2, -0.15) is 26.3 Å². The van der Waals surface area contributed by atoms with Gasteiger partial charge in [-0.3, -0.25) is 24.5 Å². The molecule has 2 atom stereocenters. The van der Waals surface area contributed by atoms with Crippen molar-refractivity contribution in [2.75, 3.05) is 32.7 Å². The molecule has 2 amide bonds. The number of hydrogen-bond donors (Lipinski definition) is 2. The summed E-state index contributed by atoms with van der Waals surface area (Å²) in [5.74, 6) is -4.78. The smallest absolute Gasteiger partial charge is 0.475 e. The van der Waals surface area contributed by atoms with Gasteiger partial charge in [0.05, 0.1) is 17.0 Å². The molecule has 2 aromatic rings. The molecule has 3 aliphatic heterocycles. The van der Waals surface area contributed by atoms with Gasteiger partial charge in [0.25, 0.3) is 5.91 Å². The number of alkyl halides is 6. The molecule has 3 saturated heterocycles. The van der Waals surface area contributed by atoms with E-state index in [-0.39, 0.29) is 17.4 Å². The molecule has 2 N–H and O–H groups in total. The Morgan fingerprint density at radius 2 is 1.44 bits per heavy atom. The first kappa shape index (κ1) is 35.2. The molecule has 3 fully saturated rings. The maximum absolute atomic E-state index is 13.3. The highest BCUT2D eigenvalue weighted by molar-refractivity contribution is 5.94. The van der Waals surface area contributed by atoms with Crippen LogP contribution in [-0.2, 0) is 20.9 Å². The number of aromatic nitrogens is 2. The Morgan fingerprint density at radius 3 is 1.89 bits per heavy atom. The number of amides is 2. The Balaban J connectivity index is 0.000000331. The van der Waals surface area contributed by atoms with Crippen LogP contribution in [0.4, 0.5) is 26.3 Å². The van der Waals surface area contributed by atoms with E-state index in [1.54, 1.807) is 24.7 Å². The Kier molecular flexibility index (Phi) is 11.1. The van der Waals surface area contributed by atoms with Gasteiger partial charge in [0.2, 0.25) is 5.91 Å². The lowest BCUT2D eigenvalue weighted by Gasteiger charge is -2.47. The van der Waals surface area contributed by atoms with Crippen molar-refractivity contribution in [3.05, 3.63) is 60.2 Å². The monoisotopic (exact) mass is 647 g/mol. The Labute approximate surface area is 253 Å². The highest BCUT2D eigenvalue weighted by Gasteiger charge is 2.61. The average molecular weight is 648 g/mol. The molecule has 0 radical (unpaired) electrons. The molecule has 0 aliphatic carbocycles. The van der Waals surface area contributed by atoms with Crippen LogP contribution >= 0.6 is 0 Å². The van der Waals surface area contributed by atoms with Crippen LogP contribution in [0.1, 0.15) is 35.7 Å². The molecule has 246 valence electrons. The molecule has 0 aromatic carbocycles. The number of piperidine rings is 1. The number of nitrogens with zero attached hydrogens (tertiary/aromatic N) is 5. The summed E-state index contributed by atoms with van der Waals surface area (Å²) < 4.78 is 63.5. The molecule has 11 nitrogen and oxygen atoms in total. The van der Waals surface area contributed by atoms with Gasteiger partial charge in [-0.25, -0.2) is 9.59 Å². The predicted octanol–water partition coefficient (Wildman–Crippen LogP) is 3.33. The maximum atomic E-state index is 13.3. The van der Waals surface area contributed by atoms with Crippen LogP contribution in [0.2, 0.25) is 0 Å². The van der Waals surface area contributed by atoms with Crippen molar-refractivity contribution in [2.45, 2.75) is 44.2 Å². The third-order valence-electron chi connectivity index (χ3n) is 7.96. The van der Waals surface area contributed by atoms with Gasteiger partial charge in [-0.15, -0.1) is 0 Å². The second kappa shape index (κ2) is 14.2. The summed E-state index contributed by atoms with van der Waals surface area (Å²) in [5.41, 5.74) is 1.69. The first-order valence-electron chi connectivity index (χ1n) is 13.7. The van der Waals surface area contributed by atoms with Crippen molar-refractivity contribution in [3.8, 4) is 0 Å². The number of halogens is 6. The number of hydrogen-bond acceptors (Lipinski definition) is 7. The fourth-order valence-electron chi connectivity index (χ4n) is 6.06. The first-order chi connectivity index (χ1) is 21.0. The van der Waals surface area contributed by atoms with Crippen LogP contribution in [0.25, 0.3) is 0 Å². The Morgan fingerprint density at radius 1 is 0.911 bits per heavy atom. The third kappa shape index (κ3) is 8.46. The minimum Gasteiger partial charge on any atom is -0.475 e. The van der Waals surface area contributed by atoms with E-state index in [1.165, 1.54) is 5.56 Å². The normalized spacial score (nSPS) is 20.9. The molecule has 0 unspecified atom stereocenters. The van der Waals surface area contributed by atoms with Gasteiger partial charge in [0.15, 0.2) is 0 Å². The van der Waals surface area contributed by atoms with Crippen molar-refractivity contribution in [2.24, 2.45) is 11.8 Å². The van der Waals surface area contributed by atoms with Gasteiger partial charge in [-0.05, 0) is 43.5 Å². The van der Waals surface area contributed by atoms with Gasteiger partial charge < -0.3 is 20.0 Å². The van der Waals surface area contributed by atoms with Crippen molar-refractivity contribution < 1.29 is 55.7 Å². The molecule has 17 heteroatoms. The average Bonchev–Trinajstić information content (AvgIpc) is 3.50. The van der Waals surface area contributed by atoms with E-state index in [0.717, 1.165) is 39.0 Å². The topological polar surface area (TPSA) is 144 Å². The fraction of sp³-hybridized carbons (Fsp3) is 0.500.